The van der Waals surface area contributed by atoms with Gasteiger partial charge in [0.15, 0.2) is 0 Å². The number of anilines is 1. The van der Waals surface area contributed by atoms with Crippen LogP contribution in [0.1, 0.15) is 49.2 Å². The Kier molecular flexibility index (Phi) is 9.06. The number of pyridine rings is 1. The van der Waals surface area contributed by atoms with E-state index in [9.17, 15) is 4.79 Å². The molecule has 2 atom stereocenters. The summed E-state index contributed by atoms with van der Waals surface area (Å²) in [4.78, 5) is 19.4. The van der Waals surface area contributed by atoms with Crippen molar-refractivity contribution in [3.8, 4) is 11.3 Å². The Morgan fingerprint density at radius 1 is 1.22 bits per heavy atom. The summed E-state index contributed by atoms with van der Waals surface area (Å²) >= 11 is 1.37. The fourth-order valence-electron chi connectivity index (χ4n) is 5.59. The third kappa shape index (κ3) is 7.13. The molecule has 2 aliphatic rings. The number of hydrogen-bond donors (Lipinski definition) is 2. The lowest BCUT2D eigenvalue weighted by Crippen LogP contribution is -2.43. The van der Waals surface area contributed by atoms with E-state index in [1.54, 1.807) is 30.5 Å². The van der Waals surface area contributed by atoms with Crippen molar-refractivity contribution >= 4 is 33.6 Å². The second-order valence-electron chi connectivity index (χ2n) is 12.0. The molecular weight excluding hydrogens is 596 g/mol. The van der Waals surface area contributed by atoms with Gasteiger partial charge in [0, 0.05) is 36.3 Å². The van der Waals surface area contributed by atoms with Crippen molar-refractivity contribution in [2.75, 3.05) is 31.6 Å². The van der Waals surface area contributed by atoms with Crippen molar-refractivity contribution in [2.24, 2.45) is 5.73 Å². The topological polar surface area (TPSA) is 111 Å². The number of rotatable bonds is 11. The van der Waals surface area contributed by atoms with Crippen molar-refractivity contribution in [3.63, 3.8) is 0 Å². The van der Waals surface area contributed by atoms with Gasteiger partial charge in [-0.15, -0.1) is 10.2 Å². The number of amides is 1. The zero-order valence-electron chi connectivity index (χ0n) is 25.4. The Bertz CT molecular complexity index is 1740. The molecule has 1 saturated heterocycles. The molecule has 1 aliphatic heterocycles. The number of ether oxygens (including phenoxy) is 1. The molecule has 12 heteroatoms. The zero-order valence-corrected chi connectivity index (χ0v) is 26.2. The lowest BCUT2D eigenvalue weighted by Gasteiger charge is -2.32. The molecule has 9 nitrogen and oxygen atoms in total. The monoisotopic (exact) mass is 633 g/mol. The Balaban J connectivity index is 1.14. The number of aromatic nitrogens is 4. The van der Waals surface area contributed by atoms with Gasteiger partial charge < -0.3 is 15.8 Å². The van der Waals surface area contributed by atoms with Crippen LogP contribution in [0.2, 0.25) is 0 Å². The number of benzene rings is 1. The van der Waals surface area contributed by atoms with Gasteiger partial charge in [0.1, 0.15) is 22.6 Å². The number of fused-ring (bicyclic) bond motifs is 1. The van der Waals surface area contributed by atoms with E-state index in [2.05, 4.69) is 32.3 Å². The van der Waals surface area contributed by atoms with Gasteiger partial charge in [-0.3, -0.25) is 14.1 Å². The summed E-state index contributed by atoms with van der Waals surface area (Å²) in [6.45, 7) is 7.12. The molecule has 236 valence electrons. The smallest absolute Gasteiger partial charge is 0.230 e. The number of carbonyl (C=O) groups is 1. The summed E-state index contributed by atoms with van der Waals surface area (Å²) < 4.78 is 37.7. The Morgan fingerprint density at radius 3 is 2.76 bits per heavy atom. The van der Waals surface area contributed by atoms with E-state index in [1.807, 2.05) is 29.7 Å². The number of halogens is 2. The van der Waals surface area contributed by atoms with E-state index in [-0.39, 0.29) is 29.3 Å². The first kappa shape index (κ1) is 31.0. The largest absolute Gasteiger partial charge is 0.405 e. The maximum Gasteiger partial charge on any atom is 0.230 e. The van der Waals surface area contributed by atoms with E-state index < -0.39 is 12.0 Å². The normalized spacial score (nSPS) is 18.4. The number of nitrogens with two attached hydrogens (primary N) is 1. The van der Waals surface area contributed by atoms with Crippen LogP contribution in [0.25, 0.3) is 22.5 Å². The van der Waals surface area contributed by atoms with Crippen molar-refractivity contribution in [1.82, 2.24) is 24.5 Å². The second kappa shape index (κ2) is 13.2. The van der Waals surface area contributed by atoms with Gasteiger partial charge in [-0.25, -0.2) is 13.8 Å². The van der Waals surface area contributed by atoms with Crippen LogP contribution >= 0.6 is 11.3 Å². The Morgan fingerprint density at radius 2 is 2.02 bits per heavy atom. The quantitative estimate of drug-likeness (QED) is 0.209. The van der Waals surface area contributed by atoms with E-state index in [4.69, 9.17) is 10.5 Å². The molecule has 4 heterocycles. The van der Waals surface area contributed by atoms with Gasteiger partial charge in [-0.2, -0.15) is 0 Å². The molecule has 1 aromatic carbocycles. The van der Waals surface area contributed by atoms with E-state index >= 15 is 8.78 Å². The molecule has 3 aromatic heterocycles. The van der Waals surface area contributed by atoms with Gasteiger partial charge >= 0.3 is 0 Å². The third-order valence-corrected chi connectivity index (χ3v) is 9.75. The highest BCUT2D eigenvalue weighted by Crippen LogP contribution is 2.49. The highest BCUT2D eigenvalue weighted by molar-refractivity contribution is 7.15. The number of imidazole rings is 1. The average molecular weight is 634 g/mol. The minimum Gasteiger partial charge on any atom is -0.405 e. The van der Waals surface area contributed by atoms with Crippen LogP contribution in [0.4, 0.5) is 13.9 Å². The SMILES string of the molecule is CC(C[C@H](F)/C=C(\C=C/N)c1ccn2c(-c3ccc(CC(=O)Nc4nnc(C5(C)CC5)s4)c(F)c3)cnc2c1)N1CCOCC1. The van der Waals surface area contributed by atoms with E-state index in [0.29, 0.717) is 47.2 Å². The number of nitrogens with zero attached hydrogens (tertiary/aromatic N) is 5. The number of alkyl halides is 1. The van der Waals surface area contributed by atoms with E-state index in [1.165, 1.54) is 23.6 Å². The number of hydrogen-bond acceptors (Lipinski definition) is 8. The second-order valence-corrected chi connectivity index (χ2v) is 13.0. The number of morpholine rings is 1. The molecule has 0 radical (unpaired) electrons. The molecule has 0 bridgehead atoms. The molecule has 1 saturated carbocycles. The lowest BCUT2D eigenvalue weighted by molar-refractivity contribution is -0.115. The van der Waals surface area contributed by atoms with Crippen molar-refractivity contribution in [2.45, 2.75) is 57.2 Å². The zero-order chi connectivity index (χ0) is 31.6. The fraction of sp³-hybridized carbons (Fsp3) is 0.394. The highest BCUT2D eigenvalue weighted by Gasteiger charge is 2.42. The maximum atomic E-state index is 15.2. The molecule has 45 heavy (non-hydrogen) atoms. The summed E-state index contributed by atoms with van der Waals surface area (Å²) in [5.41, 5.74) is 9.41. The minimum atomic E-state index is -1.16. The summed E-state index contributed by atoms with van der Waals surface area (Å²) in [5, 5.41) is 12.3. The molecule has 1 aliphatic carbocycles. The van der Waals surface area contributed by atoms with Crippen molar-refractivity contribution in [1.29, 1.82) is 0 Å². The van der Waals surface area contributed by atoms with Gasteiger partial charge in [-0.1, -0.05) is 30.4 Å². The summed E-state index contributed by atoms with van der Waals surface area (Å²) in [7, 11) is 0. The number of carbonyl (C=O) groups excluding carboxylic acids is 1. The molecule has 6 rings (SSSR count). The van der Waals surface area contributed by atoms with Crippen molar-refractivity contribution in [3.05, 3.63) is 83.0 Å². The van der Waals surface area contributed by atoms with Crippen LogP contribution in [0, 0.1) is 5.82 Å². The molecule has 1 unspecified atom stereocenters. The highest BCUT2D eigenvalue weighted by atomic mass is 32.1. The third-order valence-electron chi connectivity index (χ3n) is 8.61. The van der Waals surface area contributed by atoms with Gasteiger partial charge in [0.2, 0.25) is 11.0 Å². The van der Waals surface area contributed by atoms with Gasteiger partial charge in [0.25, 0.3) is 0 Å². The average Bonchev–Trinajstić information content (AvgIpc) is 3.40. The first-order valence-corrected chi connectivity index (χ1v) is 16.0. The molecule has 2 fully saturated rings. The van der Waals surface area contributed by atoms with Crippen LogP contribution in [-0.2, 0) is 21.4 Å². The number of nitrogens with one attached hydrogen (secondary N) is 1. The first-order chi connectivity index (χ1) is 21.7. The summed E-state index contributed by atoms with van der Waals surface area (Å²) in [6.07, 6.45) is 9.38. The minimum absolute atomic E-state index is 0.0714. The van der Waals surface area contributed by atoms with Crippen LogP contribution in [0.5, 0.6) is 0 Å². The predicted molar refractivity (Wildman–Crippen MR) is 172 cm³/mol. The molecule has 1 amide bonds. The lowest BCUT2D eigenvalue weighted by atomic mass is 10.0. The van der Waals surface area contributed by atoms with Crippen LogP contribution in [0.3, 0.4) is 0 Å². The molecular formula is C33H37F2N7O2S. The standard InChI is InChI=1S/C33H37F2N7O2S/c1-21(41-11-13-44-14-12-41)15-26(34)16-22(5-9-36)23-6-10-42-28(20-37-29(42)18-23)25-4-3-24(27(35)17-25)19-30(43)38-32-40-39-31(45-32)33(2)7-8-33/h3-6,9-10,16-18,20-21,26H,7-8,11-15,19,36H2,1-2H3,(H,38,40,43)/b9-5-,22-16+/t21?,26-/m0/s1. The molecule has 0 spiro atoms. The van der Waals surface area contributed by atoms with Crippen LogP contribution in [0.15, 0.2) is 61.1 Å². The predicted octanol–water partition coefficient (Wildman–Crippen LogP) is 5.53. The summed E-state index contributed by atoms with van der Waals surface area (Å²) in [5.74, 6) is -0.842. The Labute approximate surface area is 264 Å². The summed E-state index contributed by atoms with van der Waals surface area (Å²) in [6, 6.07) is 8.58. The van der Waals surface area contributed by atoms with Gasteiger partial charge in [-0.05, 0) is 79.4 Å². The fourth-order valence-corrected chi connectivity index (χ4v) is 6.55. The maximum absolute atomic E-state index is 15.2. The van der Waals surface area contributed by atoms with Gasteiger partial charge in [0.05, 0.1) is 31.5 Å². The van der Waals surface area contributed by atoms with Crippen molar-refractivity contribution < 1.29 is 18.3 Å². The van der Waals surface area contributed by atoms with E-state index in [0.717, 1.165) is 36.5 Å². The number of allylic oxidation sites excluding steroid dienone is 3. The molecule has 4 aromatic rings. The first-order valence-electron chi connectivity index (χ1n) is 15.2. The van der Waals surface area contributed by atoms with Crippen LogP contribution in [-0.4, -0.2) is 68.9 Å². The van der Waals surface area contributed by atoms with Crippen LogP contribution < -0.4 is 11.1 Å². The Hall–Kier alpha value is -4.00. The molecule has 3 N–H and O–H groups in total.